The van der Waals surface area contributed by atoms with Gasteiger partial charge in [-0.3, -0.25) is 0 Å². The van der Waals surface area contributed by atoms with Gasteiger partial charge in [0, 0.05) is 31.4 Å². The van der Waals surface area contributed by atoms with Crippen molar-refractivity contribution in [3.8, 4) is 11.5 Å². The first-order valence-corrected chi connectivity index (χ1v) is 6.81. The van der Waals surface area contributed by atoms with Crippen LogP contribution in [0.2, 0.25) is 0 Å². The lowest BCUT2D eigenvalue weighted by atomic mass is 10.1. The quantitative estimate of drug-likeness (QED) is 0.887. The number of methoxy groups -OCH3 is 1. The van der Waals surface area contributed by atoms with E-state index in [1.807, 2.05) is 61.5 Å². The zero-order valence-corrected chi connectivity index (χ0v) is 12.7. The number of hydrogen-bond acceptors (Lipinski definition) is 4. The van der Waals surface area contributed by atoms with Crippen LogP contribution in [-0.4, -0.2) is 26.3 Å². The van der Waals surface area contributed by atoms with E-state index in [4.69, 9.17) is 9.47 Å². The van der Waals surface area contributed by atoms with E-state index >= 15 is 0 Å². The number of hydrogen-bond donors (Lipinski definition) is 1. The molecule has 0 unspecified atom stereocenters. The van der Waals surface area contributed by atoms with Gasteiger partial charge in [0.05, 0.1) is 13.7 Å². The first kappa shape index (κ1) is 15.2. The Morgan fingerprint density at radius 1 is 1.10 bits per heavy atom. The molecule has 21 heavy (non-hydrogen) atoms. The molecule has 0 heterocycles. The van der Waals surface area contributed by atoms with Crippen molar-refractivity contribution >= 4 is 5.69 Å². The highest BCUT2D eigenvalue weighted by Crippen LogP contribution is 2.24. The molecule has 2 aromatic carbocycles. The topological polar surface area (TPSA) is 41.9 Å². The van der Waals surface area contributed by atoms with Crippen molar-refractivity contribution in [1.82, 2.24) is 0 Å². The van der Waals surface area contributed by atoms with Gasteiger partial charge in [0.2, 0.25) is 0 Å². The fourth-order valence-corrected chi connectivity index (χ4v) is 2.06. The van der Waals surface area contributed by atoms with Gasteiger partial charge in [0.15, 0.2) is 0 Å². The number of aliphatic hydroxyl groups is 1. The molecule has 2 rings (SSSR count). The van der Waals surface area contributed by atoms with Crippen molar-refractivity contribution in [3.63, 3.8) is 0 Å². The Morgan fingerprint density at radius 3 is 2.57 bits per heavy atom. The van der Waals surface area contributed by atoms with Gasteiger partial charge in [-0.2, -0.15) is 0 Å². The predicted molar refractivity (Wildman–Crippen MR) is 84.0 cm³/mol. The smallest absolute Gasteiger partial charge is 0.125 e. The van der Waals surface area contributed by atoms with Crippen molar-refractivity contribution in [2.75, 3.05) is 26.1 Å². The Labute approximate surface area is 125 Å². The van der Waals surface area contributed by atoms with Crippen molar-refractivity contribution in [1.29, 1.82) is 0 Å². The second kappa shape index (κ2) is 6.99. The van der Waals surface area contributed by atoms with E-state index in [2.05, 4.69) is 0 Å². The largest absolute Gasteiger partial charge is 0.496 e. The van der Waals surface area contributed by atoms with Gasteiger partial charge in [-0.15, -0.1) is 0 Å². The van der Waals surface area contributed by atoms with Crippen molar-refractivity contribution in [3.05, 3.63) is 53.6 Å². The molecular formula is C17H21NO3. The minimum absolute atomic E-state index is 0.00705. The van der Waals surface area contributed by atoms with Gasteiger partial charge in [-0.25, -0.2) is 0 Å². The molecule has 2 aromatic rings. The Bertz CT molecular complexity index is 596. The molecule has 0 spiro atoms. The molecule has 0 saturated carbocycles. The molecule has 0 radical (unpaired) electrons. The normalized spacial score (nSPS) is 10.3. The van der Waals surface area contributed by atoms with E-state index in [1.54, 1.807) is 7.11 Å². The average Bonchev–Trinajstić information content (AvgIpc) is 2.52. The molecule has 0 saturated heterocycles. The number of benzene rings is 2. The fraction of sp³-hybridized carbons (Fsp3) is 0.294. The van der Waals surface area contributed by atoms with Crippen LogP contribution < -0.4 is 14.4 Å². The molecule has 0 aromatic heterocycles. The lowest BCUT2D eigenvalue weighted by Crippen LogP contribution is -2.08. The van der Waals surface area contributed by atoms with Crippen LogP contribution in [0.25, 0.3) is 0 Å². The summed E-state index contributed by atoms with van der Waals surface area (Å²) in [6, 6.07) is 13.5. The van der Waals surface area contributed by atoms with Gasteiger partial charge in [0.25, 0.3) is 0 Å². The Kier molecular flexibility index (Phi) is 5.06. The van der Waals surface area contributed by atoms with Gasteiger partial charge < -0.3 is 19.5 Å². The third kappa shape index (κ3) is 3.89. The first-order chi connectivity index (χ1) is 10.1. The van der Waals surface area contributed by atoms with Crippen LogP contribution in [0.4, 0.5) is 5.69 Å². The SMILES string of the molecule is COc1ccc(CO)cc1COc1cccc(N(C)C)c1. The molecule has 0 aliphatic carbocycles. The van der Waals surface area contributed by atoms with Crippen LogP contribution in [0.1, 0.15) is 11.1 Å². The third-order valence-corrected chi connectivity index (χ3v) is 3.26. The summed E-state index contributed by atoms with van der Waals surface area (Å²) in [5.74, 6) is 1.56. The second-order valence-electron chi connectivity index (χ2n) is 4.98. The monoisotopic (exact) mass is 287 g/mol. The number of anilines is 1. The van der Waals surface area contributed by atoms with Crippen molar-refractivity contribution in [2.24, 2.45) is 0 Å². The zero-order valence-electron chi connectivity index (χ0n) is 12.7. The fourth-order valence-electron chi connectivity index (χ4n) is 2.06. The molecule has 4 nitrogen and oxygen atoms in total. The molecule has 0 amide bonds. The maximum absolute atomic E-state index is 9.22. The molecule has 0 fully saturated rings. The highest BCUT2D eigenvalue weighted by molar-refractivity contribution is 5.49. The van der Waals surface area contributed by atoms with Gasteiger partial charge in [-0.1, -0.05) is 12.1 Å². The summed E-state index contributed by atoms with van der Waals surface area (Å²) >= 11 is 0. The lowest BCUT2D eigenvalue weighted by molar-refractivity contribution is 0.278. The van der Waals surface area contributed by atoms with E-state index in [-0.39, 0.29) is 6.61 Å². The standard InChI is InChI=1S/C17H21NO3/c1-18(2)15-5-4-6-16(10-15)21-12-14-9-13(11-19)7-8-17(14)20-3/h4-10,19H,11-12H2,1-3H3. The van der Waals surface area contributed by atoms with E-state index in [1.165, 1.54) is 0 Å². The molecule has 0 bridgehead atoms. The molecule has 112 valence electrons. The van der Waals surface area contributed by atoms with Crippen LogP contribution in [0.15, 0.2) is 42.5 Å². The highest BCUT2D eigenvalue weighted by Gasteiger charge is 2.06. The molecule has 0 aliphatic rings. The molecule has 0 atom stereocenters. The van der Waals surface area contributed by atoms with Crippen LogP contribution in [-0.2, 0) is 13.2 Å². The summed E-state index contributed by atoms with van der Waals surface area (Å²) in [6.45, 7) is 0.404. The lowest BCUT2D eigenvalue weighted by Gasteiger charge is -2.15. The van der Waals surface area contributed by atoms with Gasteiger partial charge >= 0.3 is 0 Å². The summed E-state index contributed by atoms with van der Waals surface area (Å²) < 4.78 is 11.2. The Hall–Kier alpha value is -2.20. The first-order valence-electron chi connectivity index (χ1n) is 6.81. The van der Waals surface area contributed by atoms with Crippen molar-refractivity contribution in [2.45, 2.75) is 13.2 Å². The zero-order chi connectivity index (χ0) is 15.2. The van der Waals surface area contributed by atoms with Crippen LogP contribution in [0.3, 0.4) is 0 Å². The maximum atomic E-state index is 9.22. The van der Waals surface area contributed by atoms with Crippen LogP contribution in [0, 0.1) is 0 Å². The third-order valence-electron chi connectivity index (χ3n) is 3.26. The molecular weight excluding hydrogens is 266 g/mol. The number of nitrogens with zero attached hydrogens (tertiary/aromatic N) is 1. The van der Waals surface area contributed by atoms with E-state index in [0.717, 1.165) is 28.3 Å². The minimum atomic E-state index is 0.00705. The van der Waals surface area contributed by atoms with Crippen molar-refractivity contribution < 1.29 is 14.6 Å². The molecule has 4 heteroatoms. The molecule has 0 aliphatic heterocycles. The predicted octanol–water partition coefficient (Wildman–Crippen LogP) is 2.83. The Balaban J connectivity index is 2.14. The Morgan fingerprint density at radius 2 is 1.90 bits per heavy atom. The maximum Gasteiger partial charge on any atom is 0.125 e. The van der Waals surface area contributed by atoms with E-state index < -0.39 is 0 Å². The number of aliphatic hydroxyl groups excluding tert-OH is 1. The minimum Gasteiger partial charge on any atom is -0.496 e. The van der Waals surface area contributed by atoms with Gasteiger partial charge in [0.1, 0.15) is 18.1 Å². The van der Waals surface area contributed by atoms with Crippen LogP contribution >= 0.6 is 0 Å². The average molecular weight is 287 g/mol. The molecule has 1 N–H and O–H groups in total. The summed E-state index contributed by atoms with van der Waals surface area (Å²) in [6.07, 6.45) is 0. The van der Waals surface area contributed by atoms with Gasteiger partial charge in [-0.05, 0) is 29.8 Å². The highest BCUT2D eigenvalue weighted by atomic mass is 16.5. The van der Waals surface area contributed by atoms with E-state index in [9.17, 15) is 5.11 Å². The van der Waals surface area contributed by atoms with Crippen LogP contribution in [0.5, 0.6) is 11.5 Å². The van der Waals surface area contributed by atoms with E-state index in [0.29, 0.717) is 6.61 Å². The number of ether oxygens (including phenoxy) is 2. The summed E-state index contributed by atoms with van der Waals surface area (Å²) in [5.41, 5.74) is 2.85. The summed E-state index contributed by atoms with van der Waals surface area (Å²) in [7, 11) is 5.61. The summed E-state index contributed by atoms with van der Waals surface area (Å²) in [5, 5.41) is 9.22. The summed E-state index contributed by atoms with van der Waals surface area (Å²) in [4.78, 5) is 2.03. The number of rotatable bonds is 6. The second-order valence-corrected chi connectivity index (χ2v) is 4.98.